The number of benzene rings is 1. The molecule has 0 atom stereocenters. The first-order valence-electron chi connectivity index (χ1n) is 8.11. The summed E-state index contributed by atoms with van der Waals surface area (Å²) in [7, 11) is 0. The van der Waals surface area contributed by atoms with Gasteiger partial charge in [-0.1, -0.05) is 19.4 Å². The van der Waals surface area contributed by atoms with Crippen molar-refractivity contribution in [1.82, 2.24) is 4.90 Å². The number of carbonyl (C=O) groups is 1. The van der Waals surface area contributed by atoms with Gasteiger partial charge in [0.1, 0.15) is 5.75 Å². The van der Waals surface area contributed by atoms with Gasteiger partial charge in [-0.05, 0) is 63.4 Å². The van der Waals surface area contributed by atoms with Crippen LogP contribution < -0.4 is 4.74 Å². The van der Waals surface area contributed by atoms with Gasteiger partial charge in [-0.2, -0.15) is 0 Å². The minimum absolute atomic E-state index is 0.190. The molecular formula is C18H27NO2. The third kappa shape index (κ3) is 4.31. The Balaban J connectivity index is 2.17. The largest absolute Gasteiger partial charge is 0.493 e. The lowest BCUT2D eigenvalue weighted by atomic mass is 10.0. The van der Waals surface area contributed by atoms with E-state index in [9.17, 15) is 4.79 Å². The van der Waals surface area contributed by atoms with Gasteiger partial charge in [-0.25, -0.2) is 0 Å². The van der Waals surface area contributed by atoms with E-state index in [-0.39, 0.29) is 5.78 Å². The molecule has 1 heterocycles. The van der Waals surface area contributed by atoms with Crippen LogP contribution in [0.15, 0.2) is 12.1 Å². The first kappa shape index (κ1) is 16.0. The van der Waals surface area contributed by atoms with Crippen LogP contribution in [0.3, 0.4) is 0 Å². The van der Waals surface area contributed by atoms with Gasteiger partial charge in [0.15, 0.2) is 5.78 Å². The molecule has 0 amide bonds. The summed E-state index contributed by atoms with van der Waals surface area (Å²) in [6.07, 6.45) is 4.66. The Hall–Kier alpha value is -1.35. The van der Waals surface area contributed by atoms with Gasteiger partial charge < -0.3 is 4.74 Å². The van der Waals surface area contributed by atoms with E-state index in [1.165, 1.54) is 19.3 Å². The molecule has 0 saturated carbocycles. The highest BCUT2D eigenvalue weighted by atomic mass is 16.5. The Morgan fingerprint density at radius 3 is 2.57 bits per heavy atom. The zero-order valence-corrected chi connectivity index (χ0v) is 13.6. The summed E-state index contributed by atoms with van der Waals surface area (Å²) >= 11 is 0. The minimum Gasteiger partial charge on any atom is -0.493 e. The van der Waals surface area contributed by atoms with Crippen molar-refractivity contribution in [2.24, 2.45) is 0 Å². The average Bonchev–Trinajstić information content (AvgIpc) is 2.46. The maximum atomic E-state index is 12.7. The molecule has 0 radical (unpaired) electrons. The van der Waals surface area contributed by atoms with Crippen LogP contribution in [0, 0.1) is 13.8 Å². The molecule has 3 heteroatoms. The smallest absolute Gasteiger partial charge is 0.180 e. The maximum absolute atomic E-state index is 12.7. The van der Waals surface area contributed by atoms with Gasteiger partial charge in [-0.15, -0.1) is 0 Å². The molecule has 1 aliphatic rings. The Kier molecular flexibility index (Phi) is 5.80. The molecule has 0 spiro atoms. The van der Waals surface area contributed by atoms with E-state index >= 15 is 0 Å². The van der Waals surface area contributed by atoms with Crippen molar-refractivity contribution < 1.29 is 9.53 Å². The predicted molar refractivity (Wildman–Crippen MR) is 86.3 cm³/mol. The van der Waals surface area contributed by atoms with Crippen LogP contribution in [0.25, 0.3) is 0 Å². The molecule has 21 heavy (non-hydrogen) atoms. The lowest BCUT2D eigenvalue weighted by Gasteiger charge is -2.26. The number of piperidine rings is 1. The molecule has 0 unspecified atom stereocenters. The Morgan fingerprint density at radius 2 is 1.90 bits per heavy atom. The van der Waals surface area contributed by atoms with E-state index in [1.54, 1.807) is 0 Å². The van der Waals surface area contributed by atoms with Crippen LogP contribution in [0.5, 0.6) is 5.75 Å². The number of carbonyl (C=O) groups excluding carboxylic acids is 1. The van der Waals surface area contributed by atoms with Gasteiger partial charge in [0.05, 0.1) is 18.7 Å². The SMILES string of the molecule is CCCOc1c(C)cc(C)cc1C(=O)CN1CCCCC1. The molecule has 1 aromatic rings. The molecule has 0 aromatic heterocycles. The molecule has 0 bridgehead atoms. The van der Waals surface area contributed by atoms with Gasteiger partial charge in [-0.3, -0.25) is 9.69 Å². The topological polar surface area (TPSA) is 29.5 Å². The molecule has 3 nitrogen and oxygen atoms in total. The number of hydrogen-bond acceptors (Lipinski definition) is 3. The molecule has 0 N–H and O–H groups in total. The molecule has 2 rings (SSSR count). The van der Waals surface area contributed by atoms with E-state index < -0.39 is 0 Å². The van der Waals surface area contributed by atoms with E-state index in [2.05, 4.69) is 17.9 Å². The van der Waals surface area contributed by atoms with Crippen molar-refractivity contribution in [2.75, 3.05) is 26.2 Å². The van der Waals surface area contributed by atoms with Crippen LogP contribution >= 0.6 is 0 Å². The van der Waals surface area contributed by atoms with Crippen molar-refractivity contribution in [3.8, 4) is 5.75 Å². The second-order valence-corrected chi connectivity index (χ2v) is 6.07. The number of Topliss-reactive ketones (excluding diaryl/α,β-unsaturated/α-hetero) is 1. The summed E-state index contributed by atoms with van der Waals surface area (Å²) < 4.78 is 5.84. The third-order valence-electron chi connectivity index (χ3n) is 3.99. The van der Waals surface area contributed by atoms with Gasteiger partial charge >= 0.3 is 0 Å². The van der Waals surface area contributed by atoms with Gasteiger partial charge in [0.2, 0.25) is 0 Å². The fraction of sp³-hybridized carbons (Fsp3) is 0.611. The monoisotopic (exact) mass is 289 g/mol. The molecule has 1 fully saturated rings. The third-order valence-corrected chi connectivity index (χ3v) is 3.99. The summed E-state index contributed by atoms with van der Waals surface area (Å²) in [5.41, 5.74) is 2.94. The van der Waals surface area contributed by atoms with Crippen molar-refractivity contribution in [3.05, 3.63) is 28.8 Å². The summed E-state index contributed by atoms with van der Waals surface area (Å²) in [5, 5.41) is 0. The maximum Gasteiger partial charge on any atom is 0.180 e. The number of ketones is 1. The number of nitrogens with zero attached hydrogens (tertiary/aromatic N) is 1. The number of rotatable bonds is 6. The van der Waals surface area contributed by atoms with Crippen LogP contribution in [0.2, 0.25) is 0 Å². The fourth-order valence-corrected chi connectivity index (χ4v) is 2.96. The van der Waals surface area contributed by atoms with Crippen LogP contribution in [0.1, 0.15) is 54.1 Å². The predicted octanol–water partition coefficient (Wildman–Crippen LogP) is 3.76. The van der Waals surface area contributed by atoms with Crippen molar-refractivity contribution in [3.63, 3.8) is 0 Å². The van der Waals surface area contributed by atoms with Crippen LogP contribution in [0.4, 0.5) is 0 Å². The fourth-order valence-electron chi connectivity index (χ4n) is 2.96. The molecule has 1 saturated heterocycles. The molecule has 116 valence electrons. The number of aryl methyl sites for hydroxylation is 2. The van der Waals surface area contributed by atoms with Crippen molar-refractivity contribution in [2.45, 2.75) is 46.5 Å². The molecular weight excluding hydrogens is 262 g/mol. The van der Waals surface area contributed by atoms with E-state index in [0.717, 1.165) is 42.0 Å². The first-order valence-corrected chi connectivity index (χ1v) is 8.11. The van der Waals surface area contributed by atoms with E-state index in [1.807, 2.05) is 19.9 Å². The summed E-state index contributed by atoms with van der Waals surface area (Å²) in [5.74, 6) is 0.972. The van der Waals surface area contributed by atoms with Crippen LogP contribution in [-0.4, -0.2) is 36.9 Å². The Morgan fingerprint density at radius 1 is 1.19 bits per heavy atom. The first-order chi connectivity index (χ1) is 10.1. The normalized spacial score (nSPS) is 16.0. The lowest BCUT2D eigenvalue weighted by molar-refractivity contribution is 0.0911. The second kappa shape index (κ2) is 7.60. The molecule has 1 aromatic carbocycles. The summed E-state index contributed by atoms with van der Waals surface area (Å²) in [6, 6.07) is 4.06. The van der Waals surface area contributed by atoms with E-state index in [0.29, 0.717) is 13.2 Å². The number of hydrogen-bond donors (Lipinski definition) is 0. The highest BCUT2D eigenvalue weighted by Gasteiger charge is 2.19. The molecule has 0 aliphatic carbocycles. The zero-order chi connectivity index (χ0) is 15.2. The zero-order valence-electron chi connectivity index (χ0n) is 13.6. The summed E-state index contributed by atoms with van der Waals surface area (Å²) in [6.45, 7) is 9.41. The second-order valence-electron chi connectivity index (χ2n) is 6.07. The van der Waals surface area contributed by atoms with Crippen molar-refractivity contribution in [1.29, 1.82) is 0 Å². The van der Waals surface area contributed by atoms with Gasteiger partial charge in [0, 0.05) is 0 Å². The Labute approximate surface area is 128 Å². The number of likely N-dealkylation sites (tertiary alicyclic amines) is 1. The summed E-state index contributed by atoms with van der Waals surface area (Å²) in [4.78, 5) is 15.0. The highest BCUT2D eigenvalue weighted by molar-refractivity contribution is 6.00. The van der Waals surface area contributed by atoms with Crippen molar-refractivity contribution >= 4 is 5.78 Å². The lowest BCUT2D eigenvalue weighted by Crippen LogP contribution is -2.34. The highest BCUT2D eigenvalue weighted by Crippen LogP contribution is 2.26. The molecule has 1 aliphatic heterocycles. The number of ether oxygens (including phenoxy) is 1. The van der Waals surface area contributed by atoms with Crippen LogP contribution in [-0.2, 0) is 0 Å². The Bertz CT molecular complexity index is 490. The van der Waals surface area contributed by atoms with Gasteiger partial charge in [0.25, 0.3) is 0 Å². The average molecular weight is 289 g/mol. The quantitative estimate of drug-likeness (QED) is 0.747. The minimum atomic E-state index is 0.190. The standard InChI is InChI=1S/C18H27NO2/c1-4-10-21-18-15(3)11-14(2)12-16(18)17(20)13-19-8-6-5-7-9-19/h11-12H,4-10,13H2,1-3H3. The van der Waals surface area contributed by atoms with E-state index in [4.69, 9.17) is 4.74 Å².